The highest BCUT2D eigenvalue weighted by molar-refractivity contribution is 5.97. The van der Waals surface area contributed by atoms with Crippen LogP contribution in [0.5, 0.6) is 0 Å². The van der Waals surface area contributed by atoms with E-state index in [-0.39, 0.29) is 5.91 Å². The monoisotopic (exact) mass is 276 g/mol. The van der Waals surface area contributed by atoms with E-state index >= 15 is 0 Å². The van der Waals surface area contributed by atoms with Crippen molar-refractivity contribution in [1.29, 1.82) is 0 Å². The Bertz CT molecular complexity index is 587. The lowest BCUT2D eigenvalue weighted by molar-refractivity contribution is 0.0730. The quantitative estimate of drug-likeness (QED) is 0.906. The van der Waals surface area contributed by atoms with E-state index in [1.807, 2.05) is 26.0 Å². The van der Waals surface area contributed by atoms with Gasteiger partial charge in [-0.05, 0) is 32.9 Å². The van der Waals surface area contributed by atoms with Gasteiger partial charge in [0.2, 0.25) is 0 Å². The second-order valence-corrected chi connectivity index (χ2v) is 4.56. The van der Waals surface area contributed by atoms with Gasteiger partial charge in [-0.25, -0.2) is 0 Å². The van der Waals surface area contributed by atoms with E-state index < -0.39 is 0 Å². The van der Waals surface area contributed by atoms with Crippen LogP contribution in [0.1, 0.15) is 35.8 Å². The van der Waals surface area contributed by atoms with E-state index in [4.69, 9.17) is 10.2 Å². The van der Waals surface area contributed by atoms with Gasteiger partial charge in [-0.15, -0.1) is 0 Å². The van der Waals surface area contributed by atoms with Crippen molar-refractivity contribution in [3.8, 4) is 0 Å². The predicted molar refractivity (Wildman–Crippen MR) is 76.2 cm³/mol. The average Bonchev–Trinajstić information content (AvgIpc) is 3.04. The van der Waals surface area contributed by atoms with Gasteiger partial charge in [0, 0.05) is 13.1 Å². The first-order valence-corrected chi connectivity index (χ1v) is 6.73. The fraction of sp³-hybridized carbons (Fsp3) is 0.429. The number of nitrogens with two attached hydrogens (primary N) is 1. The molecule has 6 heteroatoms. The summed E-state index contributed by atoms with van der Waals surface area (Å²) in [7, 11) is 0. The fourth-order valence-corrected chi connectivity index (χ4v) is 2.12. The molecule has 6 nitrogen and oxygen atoms in total. The molecule has 0 saturated heterocycles. The number of amides is 1. The SMILES string of the molecule is CCN(Cc1ccco1)C(=O)c1c(N)c(C)nn1CC. The molecule has 1 amide bonds. The smallest absolute Gasteiger partial charge is 0.274 e. The van der Waals surface area contributed by atoms with E-state index in [2.05, 4.69) is 5.10 Å². The highest BCUT2D eigenvalue weighted by Crippen LogP contribution is 2.19. The molecule has 2 aromatic heterocycles. The zero-order chi connectivity index (χ0) is 14.7. The highest BCUT2D eigenvalue weighted by atomic mass is 16.3. The third kappa shape index (κ3) is 2.54. The third-order valence-corrected chi connectivity index (χ3v) is 3.27. The summed E-state index contributed by atoms with van der Waals surface area (Å²) in [5.41, 5.74) is 7.59. The number of furan rings is 1. The molecule has 2 heterocycles. The number of aromatic nitrogens is 2. The number of nitrogen functional groups attached to an aromatic ring is 1. The van der Waals surface area contributed by atoms with Crippen molar-refractivity contribution in [1.82, 2.24) is 14.7 Å². The zero-order valence-electron chi connectivity index (χ0n) is 12.1. The Morgan fingerprint density at radius 2 is 2.25 bits per heavy atom. The van der Waals surface area contributed by atoms with Crippen LogP contribution in [0.2, 0.25) is 0 Å². The molecule has 0 aromatic carbocycles. The van der Waals surface area contributed by atoms with Crippen LogP contribution < -0.4 is 5.73 Å². The Morgan fingerprint density at radius 3 is 2.80 bits per heavy atom. The number of anilines is 1. The van der Waals surface area contributed by atoms with E-state index in [1.54, 1.807) is 22.8 Å². The van der Waals surface area contributed by atoms with Crippen molar-refractivity contribution in [3.63, 3.8) is 0 Å². The fourth-order valence-electron chi connectivity index (χ4n) is 2.12. The molecule has 0 bridgehead atoms. The Kier molecular flexibility index (Phi) is 4.12. The van der Waals surface area contributed by atoms with Crippen LogP contribution in [0.25, 0.3) is 0 Å². The largest absolute Gasteiger partial charge is 0.467 e. The van der Waals surface area contributed by atoms with Crippen LogP contribution in [0.3, 0.4) is 0 Å². The molecule has 0 aliphatic heterocycles. The summed E-state index contributed by atoms with van der Waals surface area (Å²) >= 11 is 0. The molecule has 0 radical (unpaired) electrons. The van der Waals surface area contributed by atoms with E-state index in [9.17, 15) is 4.79 Å². The number of aryl methyl sites for hydroxylation is 2. The molecule has 0 saturated carbocycles. The molecule has 0 unspecified atom stereocenters. The molecule has 2 N–H and O–H groups in total. The first kappa shape index (κ1) is 14.2. The Balaban J connectivity index is 2.29. The number of hydrogen-bond acceptors (Lipinski definition) is 4. The van der Waals surface area contributed by atoms with Crippen LogP contribution in [0.4, 0.5) is 5.69 Å². The third-order valence-electron chi connectivity index (χ3n) is 3.27. The minimum absolute atomic E-state index is 0.121. The van der Waals surface area contributed by atoms with Gasteiger partial charge >= 0.3 is 0 Å². The summed E-state index contributed by atoms with van der Waals surface area (Å²) in [6.07, 6.45) is 1.60. The molecule has 2 rings (SSSR count). The lowest BCUT2D eigenvalue weighted by Gasteiger charge is -2.20. The first-order chi connectivity index (χ1) is 9.58. The van der Waals surface area contributed by atoms with Gasteiger partial charge in [-0.3, -0.25) is 9.48 Å². The number of rotatable bonds is 5. The maximum Gasteiger partial charge on any atom is 0.274 e. The van der Waals surface area contributed by atoms with Gasteiger partial charge in [-0.1, -0.05) is 0 Å². The Labute approximate surface area is 118 Å². The summed E-state index contributed by atoms with van der Waals surface area (Å²) in [6, 6.07) is 3.66. The highest BCUT2D eigenvalue weighted by Gasteiger charge is 2.24. The van der Waals surface area contributed by atoms with E-state index in [1.165, 1.54) is 0 Å². The maximum atomic E-state index is 12.7. The minimum atomic E-state index is -0.121. The second-order valence-electron chi connectivity index (χ2n) is 4.56. The normalized spacial score (nSPS) is 10.8. The van der Waals surface area contributed by atoms with Crippen LogP contribution in [-0.4, -0.2) is 27.1 Å². The van der Waals surface area contributed by atoms with E-state index in [0.717, 1.165) is 5.76 Å². The van der Waals surface area contributed by atoms with Crippen LogP contribution in [-0.2, 0) is 13.1 Å². The summed E-state index contributed by atoms with van der Waals surface area (Å²) in [4.78, 5) is 14.4. The van der Waals surface area contributed by atoms with E-state index in [0.29, 0.717) is 36.7 Å². The Morgan fingerprint density at radius 1 is 1.50 bits per heavy atom. The lowest BCUT2D eigenvalue weighted by atomic mass is 10.2. The summed E-state index contributed by atoms with van der Waals surface area (Å²) in [5, 5.41) is 4.28. The van der Waals surface area contributed by atoms with Crippen LogP contribution in [0.15, 0.2) is 22.8 Å². The molecule has 20 heavy (non-hydrogen) atoms. The van der Waals surface area contributed by atoms with Gasteiger partial charge in [0.15, 0.2) is 0 Å². The predicted octanol–water partition coefficient (Wildman–Crippen LogP) is 2.05. The summed E-state index contributed by atoms with van der Waals surface area (Å²) < 4.78 is 6.95. The number of hydrogen-bond donors (Lipinski definition) is 1. The van der Waals surface area contributed by atoms with Gasteiger partial charge in [0.05, 0.1) is 24.2 Å². The molecular weight excluding hydrogens is 256 g/mol. The molecule has 0 spiro atoms. The number of carbonyl (C=O) groups is 1. The van der Waals surface area contributed by atoms with Crippen LogP contribution in [0, 0.1) is 6.92 Å². The zero-order valence-corrected chi connectivity index (χ0v) is 12.1. The standard InChI is InChI=1S/C14H20N4O2/c1-4-17(9-11-7-6-8-20-11)14(19)13-12(15)10(3)16-18(13)5-2/h6-8H,4-5,9,15H2,1-3H3. The van der Waals surface area contributed by atoms with Gasteiger partial charge in [-0.2, -0.15) is 5.10 Å². The van der Waals surface area contributed by atoms with Crippen molar-refractivity contribution in [2.75, 3.05) is 12.3 Å². The van der Waals surface area contributed by atoms with Gasteiger partial charge in [0.1, 0.15) is 11.5 Å². The van der Waals surface area contributed by atoms with Gasteiger partial charge < -0.3 is 15.1 Å². The Hall–Kier alpha value is -2.24. The minimum Gasteiger partial charge on any atom is -0.467 e. The maximum absolute atomic E-state index is 12.7. The van der Waals surface area contributed by atoms with Crippen molar-refractivity contribution >= 4 is 11.6 Å². The second kappa shape index (κ2) is 5.81. The molecule has 0 fully saturated rings. The molecular formula is C14H20N4O2. The van der Waals surface area contributed by atoms with Crippen molar-refractivity contribution < 1.29 is 9.21 Å². The van der Waals surface area contributed by atoms with Crippen molar-refractivity contribution in [2.45, 2.75) is 33.9 Å². The molecule has 2 aromatic rings. The molecule has 0 aliphatic carbocycles. The lowest BCUT2D eigenvalue weighted by Crippen LogP contribution is -2.32. The number of nitrogens with zero attached hydrogens (tertiary/aromatic N) is 3. The topological polar surface area (TPSA) is 77.3 Å². The summed E-state index contributed by atoms with van der Waals surface area (Å²) in [5.74, 6) is 0.627. The molecule has 0 aliphatic rings. The van der Waals surface area contributed by atoms with Crippen molar-refractivity contribution in [3.05, 3.63) is 35.5 Å². The molecule has 0 atom stereocenters. The van der Waals surface area contributed by atoms with Gasteiger partial charge in [0.25, 0.3) is 5.91 Å². The average molecular weight is 276 g/mol. The number of carbonyl (C=O) groups excluding carboxylic acids is 1. The molecule has 108 valence electrons. The van der Waals surface area contributed by atoms with Crippen LogP contribution >= 0.6 is 0 Å². The summed E-state index contributed by atoms with van der Waals surface area (Å²) in [6.45, 7) is 7.28. The first-order valence-electron chi connectivity index (χ1n) is 6.73. The van der Waals surface area contributed by atoms with Crippen molar-refractivity contribution in [2.24, 2.45) is 0 Å².